The van der Waals surface area contributed by atoms with E-state index in [2.05, 4.69) is 10.0 Å². The molecule has 27 heavy (non-hydrogen) atoms. The molecule has 2 heterocycles. The molecule has 1 aromatic carbocycles. The van der Waals surface area contributed by atoms with Crippen molar-refractivity contribution in [3.63, 3.8) is 0 Å². The molecule has 146 valence electrons. The first-order valence-corrected chi connectivity index (χ1v) is 10.1. The number of benzene rings is 1. The second-order valence-electron chi connectivity index (χ2n) is 6.86. The lowest BCUT2D eigenvalue weighted by molar-refractivity contribution is 0.101. The number of hydrogen-bond acceptors (Lipinski definition) is 3. The molecule has 0 unspecified atom stereocenters. The van der Waals surface area contributed by atoms with Crippen molar-refractivity contribution in [1.29, 1.82) is 0 Å². The Hall–Kier alpha value is -2.26. The molecule has 0 saturated carbocycles. The van der Waals surface area contributed by atoms with Crippen LogP contribution in [0.4, 0.5) is 14.5 Å². The zero-order valence-electron chi connectivity index (χ0n) is 15.3. The highest BCUT2D eigenvalue weighted by molar-refractivity contribution is 7.89. The molecule has 3 rings (SSSR count). The summed E-state index contributed by atoms with van der Waals surface area (Å²) >= 11 is 0. The summed E-state index contributed by atoms with van der Waals surface area (Å²) in [7, 11) is -3.77. The predicted molar refractivity (Wildman–Crippen MR) is 97.3 cm³/mol. The largest absolute Gasteiger partial charge is 0.339 e. The van der Waals surface area contributed by atoms with Crippen LogP contribution in [0.3, 0.4) is 0 Å². The average Bonchev–Trinajstić information content (AvgIpc) is 3.08. The number of nitrogens with zero attached hydrogens (tertiary/aromatic N) is 1. The van der Waals surface area contributed by atoms with E-state index >= 15 is 0 Å². The van der Waals surface area contributed by atoms with Crippen molar-refractivity contribution in [2.75, 3.05) is 5.32 Å². The summed E-state index contributed by atoms with van der Waals surface area (Å²) < 4.78 is 56.2. The van der Waals surface area contributed by atoms with E-state index in [9.17, 15) is 22.0 Å². The van der Waals surface area contributed by atoms with Crippen LogP contribution in [0.1, 0.15) is 42.0 Å². The van der Waals surface area contributed by atoms with Crippen molar-refractivity contribution in [2.45, 2.75) is 51.1 Å². The zero-order valence-corrected chi connectivity index (χ0v) is 16.1. The number of carbonyl (C=O) groups is 1. The number of rotatable bonds is 5. The van der Waals surface area contributed by atoms with Crippen molar-refractivity contribution in [3.05, 3.63) is 46.8 Å². The van der Waals surface area contributed by atoms with Crippen molar-refractivity contribution >= 4 is 21.6 Å². The minimum atomic E-state index is -3.77. The Morgan fingerprint density at radius 1 is 1.22 bits per heavy atom. The smallest absolute Gasteiger partial charge is 0.272 e. The quantitative estimate of drug-likeness (QED) is 0.814. The van der Waals surface area contributed by atoms with E-state index < -0.39 is 27.6 Å². The molecule has 2 aromatic rings. The Balaban J connectivity index is 2.02. The van der Waals surface area contributed by atoms with Gasteiger partial charge in [0.15, 0.2) is 11.6 Å². The minimum absolute atomic E-state index is 0.0940. The van der Waals surface area contributed by atoms with Gasteiger partial charge < -0.3 is 9.88 Å². The van der Waals surface area contributed by atoms with Gasteiger partial charge in [-0.3, -0.25) is 4.79 Å². The second kappa shape index (κ2) is 7.05. The summed E-state index contributed by atoms with van der Waals surface area (Å²) in [5.41, 5.74) is 1.25. The molecular weight excluding hydrogens is 376 g/mol. The molecule has 0 fully saturated rings. The second-order valence-corrected chi connectivity index (χ2v) is 8.51. The van der Waals surface area contributed by atoms with Crippen molar-refractivity contribution in [2.24, 2.45) is 0 Å². The third kappa shape index (κ3) is 3.61. The Morgan fingerprint density at radius 2 is 1.93 bits per heavy atom. The molecule has 1 amide bonds. The van der Waals surface area contributed by atoms with Gasteiger partial charge in [-0.15, -0.1) is 0 Å². The van der Waals surface area contributed by atoms with Crippen LogP contribution in [-0.2, 0) is 23.0 Å². The van der Waals surface area contributed by atoms with Gasteiger partial charge in [0.1, 0.15) is 10.6 Å². The molecule has 2 N–H and O–H groups in total. The van der Waals surface area contributed by atoms with Crippen LogP contribution in [0, 0.1) is 18.6 Å². The number of carbonyl (C=O) groups excluding carboxylic acids is 1. The molecule has 0 atom stereocenters. The Bertz CT molecular complexity index is 1010. The highest BCUT2D eigenvalue weighted by Gasteiger charge is 2.34. The monoisotopic (exact) mass is 397 g/mol. The predicted octanol–water partition coefficient (Wildman–Crippen LogP) is 2.96. The standard InChI is InChI=1S/C18H21F2N3O3S/c1-10(2)22-27(25,26)17-11(3)16(23-8-4-5-15(17)23)18(24)21-12-6-7-13(19)14(20)9-12/h6-7,9-10,22H,4-5,8H2,1-3H3,(H,21,24). The fourth-order valence-corrected chi connectivity index (χ4v) is 5.23. The number of amides is 1. The molecule has 0 bridgehead atoms. The summed E-state index contributed by atoms with van der Waals surface area (Å²) in [4.78, 5) is 12.9. The van der Waals surface area contributed by atoms with Crippen LogP contribution >= 0.6 is 0 Å². The third-order valence-corrected chi connectivity index (χ3v) is 6.26. The molecule has 0 radical (unpaired) electrons. The summed E-state index contributed by atoms with van der Waals surface area (Å²) in [6, 6.07) is 2.76. The van der Waals surface area contributed by atoms with Crippen LogP contribution in [0.25, 0.3) is 0 Å². The number of sulfonamides is 1. The van der Waals surface area contributed by atoms with Crippen LogP contribution < -0.4 is 10.0 Å². The van der Waals surface area contributed by atoms with E-state index in [1.54, 1.807) is 25.3 Å². The maximum Gasteiger partial charge on any atom is 0.272 e. The van der Waals surface area contributed by atoms with Crippen LogP contribution in [0.5, 0.6) is 0 Å². The third-order valence-electron chi connectivity index (χ3n) is 4.40. The molecule has 1 aromatic heterocycles. The fraction of sp³-hybridized carbons (Fsp3) is 0.389. The topological polar surface area (TPSA) is 80.2 Å². The van der Waals surface area contributed by atoms with Crippen molar-refractivity contribution in [3.8, 4) is 0 Å². The fourth-order valence-electron chi connectivity index (χ4n) is 3.47. The van der Waals surface area contributed by atoms with Crippen molar-refractivity contribution in [1.82, 2.24) is 9.29 Å². The van der Waals surface area contributed by atoms with Crippen LogP contribution in [0.15, 0.2) is 23.1 Å². The van der Waals surface area contributed by atoms with Gasteiger partial charge in [-0.25, -0.2) is 21.9 Å². The van der Waals surface area contributed by atoms with Gasteiger partial charge in [-0.05, 0) is 45.7 Å². The normalized spacial score (nSPS) is 13.9. The summed E-state index contributed by atoms with van der Waals surface area (Å²) in [5, 5.41) is 2.52. The molecule has 0 spiro atoms. The van der Waals surface area contributed by atoms with Gasteiger partial charge in [-0.2, -0.15) is 0 Å². The highest BCUT2D eigenvalue weighted by atomic mass is 32.2. The van der Waals surface area contributed by atoms with Gasteiger partial charge in [0.2, 0.25) is 10.0 Å². The minimum Gasteiger partial charge on any atom is -0.339 e. The number of nitrogens with one attached hydrogen (secondary N) is 2. The van der Waals surface area contributed by atoms with Gasteiger partial charge in [-0.1, -0.05) is 0 Å². The first kappa shape index (κ1) is 19.5. The van der Waals surface area contributed by atoms with Gasteiger partial charge >= 0.3 is 0 Å². The van der Waals surface area contributed by atoms with E-state index in [-0.39, 0.29) is 22.3 Å². The van der Waals surface area contributed by atoms with E-state index in [0.717, 1.165) is 18.6 Å². The van der Waals surface area contributed by atoms with E-state index in [1.807, 2.05) is 0 Å². The van der Waals surface area contributed by atoms with Crippen LogP contribution in [-0.4, -0.2) is 24.9 Å². The van der Waals surface area contributed by atoms with E-state index in [1.165, 1.54) is 6.07 Å². The number of anilines is 1. The Kier molecular flexibility index (Phi) is 5.09. The van der Waals surface area contributed by atoms with E-state index in [4.69, 9.17) is 0 Å². The zero-order chi connectivity index (χ0) is 19.9. The Morgan fingerprint density at radius 3 is 2.56 bits per heavy atom. The summed E-state index contributed by atoms with van der Waals surface area (Å²) in [6.45, 7) is 5.55. The number of hydrogen-bond donors (Lipinski definition) is 2. The van der Waals surface area contributed by atoms with Gasteiger partial charge in [0.25, 0.3) is 5.91 Å². The van der Waals surface area contributed by atoms with E-state index in [0.29, 0.717) is 24.2 Å². The van der Waals surface area contributed by atoms with Gasteiger partial charge in [0.05, 0.1) is 0 Å². The first-order chi connectivity index (χ1) is 12.6. The number of fused-ring (bicyclic) bond motifs is 1. The summed E-state index contributed by atoms with van der Waals surface area (Å²) in [6.07, 6.45) is 1.28. The molecule has 6 nitrogen and oxygen atoms in total. The lowest BCUT2D eigenvalue weighted by atomic mass is 10.2. The molecule has 1 aliphatic heterocycles. The highest BCUT2D eigenvalue weighted by Crippen LogP contribution is 2.33. The lowest BCUT2D eigenvalue weighted by Crippen LogP contribution is -2.31. The lowest BCUT2D eigenvalue weighted by Gasteiger charge is -2.11. The molecule has 1 aliphatic rings. The maximum atomic E-state index is 13.4. The van der Waals surface area contributed by atoms with Crippen molar-refractivity contribution < 1.29 is 22.0 Å². The first-order valence-electron chi connectivity index (χ1n) is 8.62. The maximum absolute atomic E-state index is 13.4. The van der Waals surface area contributed by atoms with Gasteiger partial charge in [0, 0.05) is 35.6 Å². The van der Waals surface area contributed by atoms with Crippen LogP contribution in [0.2, 0.25) is 0 Å². The number of halogens is 2. The Labute approximate surface area is 156 Å². The number of aromatic nitrogens is 1. The molecule has 9 heteroatoms. The average molecular weight is 397 g/mol. The molecule has 0 aliphatic carbocycles. The summed E-state index contributed by atoms with van der Waals surface area (Å²) in [5.74, 6) is -2.65. The molecular formula is C18H21F2N3O3S. The SMILES string of the molecule is Cc1c(S(=O)(=O)NC(C)C)c2n(c1C(=O)Nc1ccc(F)c(F)c1)CCC2. The molecule has 0 saturated heterocycles.